The van der Waals surface area contributed by atoms with E-state index in [2.05, 4.69) is 0 Å². The SMILES string of the molecule is O=C(OC1C2CC3SOC1C3C2)C(F)S(=O)(=O)O. The summed E-state index contributed by atoms with van der Waals surface area (Å²) >= 11 is 1.35. The third-order valence-electron chi connectivity index (χ3n) is 3.79. The van der Waals surface area contributed by atoms with Gasteiger partial charge < -0.3 is 8.92 Å². The van der Waals surface area contributed by atoms with Crippen molar-refractivity contribution in [3.63, 3.8) is 0 Å². The zero-order chi connectivity index (χ0) is 13.1. The molecule has 0 aromatic rings. The fourth-order valence-electron chi connectivity index (χ4n) is 3.04. The Balaban J connectivity index is 1.69. The average Bonchev–Trinajstić information content (AvgIpc) is 2.86. The molecule has 0 amide bonds. The highest BCUT2D eigenvalue weighted by Crippen LogP contribution is 2.58. The molecule has 6 unspecified atom stereocenters. The van der Waals surface area contributed by atoms with Gasteiger partial charge in [-0.1, -0.05) is 0 Å². The first-order chi connectivity index (χ1) is 8.38. The Hall–Kier alpha value is -0.380. The lowest BCUT2D eigenvalue weighted by Gasteiger charge is -2.25. The van der Waals surface area contributed by atoms with Crippen LogP contribution in [0.3, 0.4) is 0 Å². The fraction of sp³-hybridized carbons (Fsp3) is 0.889. The highest BCUT2D eigenvalue weighted by molar-refractivity contribution is 7.95. The van der Waals surface area contributed by atoms with Gasteiger partial charge in [0.25, 0.3) is 0 Å². The molecule has 6 nitrogen and oxygen atoms in total. The van der Waals surface area contributed by atoms with E-state index in [9.17, 15) is 17.6 Å². The largest absolute Gasteiger partial charge is 0.456 e. The molecule has 3 aliphatic rings. The Morgan fingerprint density at radius 1 is 1.50 bits per heavy atom. The molecule has 1 heterocycles. The van der Waals surface area contributed by atoms with E-state index in [1.165, 1.54) is 12.0 Å². The molecule has 0 aromatic heterocycles. The van der Waals surface area contributed by atoms with E-state index >= 15 is 0 Å². The van der Waals surface area contributed by atoms with Crippen LogP contribution in [0.2, 0.25) is 0 Å². The number of esters is 1. The van der Waals surface area contributed by atoms with Crippen LogP contribution in [-0.4, -0.2) is 41.9 Å². The monoisotopic (exact) mass is 298 g/mol. The molecule has 1 saturated heterocycles. The second kappa shape index (κ2) is 4.06. The molecule has 3 fully saturated rings. The molecule has 2 bridgehead atoms. The normalized spacial score (nSPS) is 43.1. The molecule has 102 valence electrons. The smallest absolute Gasteiger partial charge is 0.359 e. The highest BCUT2D eigenvalue weighted by Gasteiger charge is 2.60. The minimum absolute atomic E-state index is 0.0950. The molecule has 9 heteroatoms. The van der Waals surface area contributed by atoms with Gasteiger partial charge >= 0.3 is 21.6 Å². The number of carbonyl (C=O) groups excluding carboxylic acids is 1. The predicted molar refractivity (Wildman–Crippen MR) is 58.8 cm³/mol. The zero-order valence-electron chi connectivity index (χ0n) is 9.06. The lowest BCUT2D eigenvalue weighted by atomic mass is 9.94. The quantitative estimate of drug-likeness (QED) is 0.462. The molecular weight excluding hydrogens is 287 g/mol. The standard InChI is InChI=1S/C9H11FO6S2/c10-8(18(12,13)14)9(11)15-6-3-1-4-5(2-3)17-16-7(4)6/h3-8H,1-2H2,(H,12,13,14). The van der Waals surface area contributed by atoms with E-state index < -0.39 is 27.7 Å². The molecule has 2 aliphatic carbocycles. The van der Waals surface area contributed by atoms with Gasteiger partial charge in [0.2, 0.25) is 0 Å². The van der Waals surface area contributed by atoms with Gasteiger partial charge in [-0.05, 0) is 24.9 Å². The molecule has 0 aromatic carbocycles. The first-order valence-corrected chi connectivity index (χ1v) is 7.81. The van der Waals surface area contributed by atoms with Gasteiger partial charge in [0.15, 0.2) is 0 Å². The Bertz CT molecular complexity index is 477. The van der Waals surface area contributed by atoms with Crippen molar-refractivity contribution in [1.29, 1.82) is 0 Å². The zero-order valence-corrected chi connectivity index (χ0v) is 10.7. The van der Waals surface area contributed by atoms with Crippen LogP contribution in [0.25, 0.3) is 0 Å². The maximum Gasteiger partial charge on any atom is 0.359 e. The van der Waals surface area contributed by atoms with Gasteiger partial charge in [-0.15, -0.1) is 0 Å². The van der Waals surface area contributed by atoms with Crippen LogP contribution in [0, 0.1) is 11.8 Å². The molecule has 2 saturated carbocycles. The minimum atomic E-state index is -5.06. The van der Waals surface area contributed by atoms with Crippen molar-refractivity contribution in [2.24, 2.45) is 11.8 Å². The van der Waals surface area contributed by atoms with Gasteiger partial charge in [0, 0.05) is 17.1 Å². The number of halogens is 1. The van der Waals surface area contributed by atoms with Gasteiger partial charge in [0.1, 0.15) is 12.2 Å². The van der Waals surface area contributed by atoms with Gasteiger partial charge in [-0.25, -0.2) is 9.18 Å². The second-order valence-corrected chi connectivity index (χ2v) is 7.26. The van der Waals surface area contributed by atoms with Crippen LogP contribution in [0.4, 0.5) is 4.39 Å². The lowest BCUT2D eigenvalue weighted by Crippen LogP contribution is -2.40. The number of alkyl halides is 1. The summed E-state index contributed by atoms with van der Waals surface area (Å²) in [6.45, 7) is 0. The van der Waals surface area contributed by atoms with Crippen molar-refractivity contribution < 1.29 is 31.1 Å². The summed E-state index contributed by atoms with van der Waals surface area (Å²) in [7, 11) is -5.06. The maximum atomic E-state index is 13.1. The number of hydrogen-bond donors (Lipinski definition) is 1. The number of ether oxygens (including phenoxy) is 1. The maximum absolute atomic E-state index is 13.1. The summed E-state index contributed by atoms with van der Waals surface area (Å²) in [6, 6.07) is 0. The van der Waals surface area contributed by atoms with Crippen molar-refractivity contribution >= 4 is 28.1 Å². The first kappa shape index (κ1) is 12.6. The third kappa shape index (κ3) is 1.84. The second-order valence-electron chi connectivity index (χ2n) is 4.82. The van der Waals surface area contributed by atoms with Crippen LogP contribution in [-0.2, 0) is 23.8 Å². The molecule has 6 atom stereocenters. The van der Waals surface area contributed by atoms with Crippen molar-refractivity contribution in [3.8, 4) is 0 Å². The molecule has 0 radical (unpaired) electrons. The molecule has 1 N–H and O–H groups in total. The Morgan fingerprint density at radius 2 is 2.22 bits per heavy atom. The van der Waals surface area contributed by atoms with Crippen LogP contribution in [0.5, 0.6) is 0 Å². The van der Waals surface area contributed by atoms with Crippen molar-refractivity contribution in [2.75, 3.05) is 0 Å². The molecule has 3 rings (SSSR count). The van der Waals surface area contributed by atoms with Crippen LogP contribution >= 0.6 is 12.0 Å². The molecule has 0 spiro atoms. The Kier molecular flexibility index (Phi) is 2.85. The van der Waals surface area contributed by atoms with E-state index in [4.69, 9.17) is 13.5 Å². The third-order valence-corrected chi connectivity index (χ3v) is 5.63. The van der Waals surface area contributed by atoms with Gasteiger partial charge in [0.05, 0.1) is 0 Å². The van der Waals surface area contributed by atoms with Crippen LogP contribution in [0.15, 0.2) is 0 Å². The topological polar surface area (TPSA) is 89.9 Å². The van der Waals surface area contributed by atoms with Gasteiger partial charge in [-0.2, -0.15) is 8.42 Å². The lowest BCUT2D eigenvalue weighted by molar-refractivity contribution is -0.158. The average molecular weight is 298 g/mol. The van der Waals surface area contributed by atoms with E-state index in [1.54, 1.807) is 0 Å². The van der Waals surface area contributed by atoms with E-state index in [1.807, 2.05) is 0 Å². The van der Waals surface area contributed by atoms with E-state index in [0.29, 0.717) is 11.2 Å². The summed E-state index contributed by atoms with van der Waals surface area (Å²) in [5, 5.41) is 0.401. The van der Waals surface area contributed by atoms with E-state index in [-0.39, 0.29) is 12.0 Å². The van der Waals surface area contributed by atoms with Crippen LogP contribution in [0.1, 0.15) is 12.8 Å². The summed E-state index contributed by atoms with van der Waals surface area (Å²) in [5.74, 6) is -1.17. The Labute approximate surface area is 107 Å². The predicted octanol–water partition coefficient (Wildman–Crippen LogP) is 0.537. The minimum Gasteiger partial charge on any atom is -0.456 e. The number of carbonyl (C=O) groups is 1. The molecule has 1 aliphatic heterocycles. The van der Waals surface area contributed by atoms with E-state index in [0.717, 1.165) is 12.8 Å². The molecular formula is C9H11FO6S2. The highest BCUT2D eigenvalue weighted by atomic mass is 32.2. The summed E-state index contributed by atoms with van der Waals surface area (Å²) in [4.78, 5) is 11.3. The van der Waals surface area contributed by atoms with Crippen molar-refractivity contribution in [1.82, 2.24) is 0 Å². The van der Waals surface area contributed by atoms with Crippen LogP contribution < -0.4 is 0 Å². The van der Waals surface area contributed by atoms with Crippen molar-refractivity contribution in [3.05, 3.63) is 0 Å². The molecule has 18 heavy (non-hydrogen) atoms. The number of rotatable bonds is 3. The summed E-state index contributed by atoms with van der Waals surface area (Å²) in [6.07, 6.45) is 0.792. The van der Waals surface area contributed by atoms with Crippen molar-refractivity contribution in [2.45, 2.75) is 35.8 Å². The summed E-state index contributed by atoms with van der Waals surface area (Å²) < 4.78 is 52.8. The number of fused-ring (bicyclic) bond motifs is 1. The Morgan fingerprint density at radius 3 is 2.89 bits per heavy atom. The number of hydrogen-bond acceptors (Lipinski definition) is 6. The fourth-order valence-corrected chi connectivity index (χ4v) is 4.60. The van der Waals surface area contributed by atoms with Gasteiger partial charge in [-0.3, -0.25) is 4.55 Å². The first-order valence-electron chi connectivity index (χ1n) is 5.51. The summed E-state index contributed by atoms with van der Waals surface area (Å²) in [5.41, 5.74) is -3.04.